The molecule has 0 saturated heterocycles. The molecule has 0 aliphatic carbocycles. The Kier molecular flexibility index (Phi) is 6.03. The smallest absolute Gasteiger partial charge is 0.326 e. The summed E-state index contributed by atoms with van der Waals surface area (Å²) in [5, 5.41) is 11.6. The molecule has 0 radical (unpaired) electrons. The van der Waals surface area contributed by atoms with Crippen molar-refractivity contribution in [1.29, 1.82) is 0 Å². The van der Waals surface area contributed by atoms with Crippen molar-refractivity contribution in [3.63, 3.8) is 0 Å². The topological polar surface area (TPSA) is 75.6 Å². The molecule has 0 aliphatic heterocycles. The van der Waals surface area contributed by atoms with Crippen molar-refractivity contribution in [2.24, 2.45) is 5.92 Å². The zero-order chi connectivity index (χ0) is 15.1. The van der Waals surface area contributed by atoms with Crippen LogP contribution < -0.4 is 10.1 Å². The molecule has 1 aromatic carbocycles. The lowest BCUT2D eigenvalue weighted by Gasteiger charge is -2.18. The number of nitrogens with one attached hydrogen (secondary N) is 1. The third-order valence-corrected chi connectivity index (χ3v) is 2.82. The summed E-state index contributed by atoms with van der Waals surface area (Å²) in [4.78, 5) is 22.9. The minimum absolute atomic E-state index is 0.136. The fourth-order valence-corrected chi connectivity index (χ4v) is 1.84. The third kappa shape index (κ3) is 4.91. The van der Waals surface area contributed by atoms with E-state index in [0.717, 1.165) is 5.56 Å². The molecule has 20 heavy (non-hydrogen) atoms. The monoisotopic (exact) mass is 279 g/mol. The normalized spacial score (nSPS) is 12.0. The molecule has 1 aromatic rings. The van der Waals surface area contributed by atoms with Gasteiger partial charge < -0.3 is 15.2 Å². The van der Waals surface area contributed by atoms with Crippen LogP contribution in [0.25, 0.3) is 0 Å². The maximum atomic E-state index is 11.9. The van der Waals surface area contributed by atoms with Gasteiger partial charge in [-0.2, -0.15) is 0 Å². The van der Waals surface area contributed by atoms with Gasteiger partial charge in [0.1, 0.15) is 11.8 Å². The van der Waals surface area contributed by atoms with Gasteiger partial charge in [0.15, 0.2) is 0 Å². The molecule has 0 unspecified atom stereocenters. The van der Waals surface area contributed by atoms with Gasteiger partial charge in [0.25, 0.3) is 0 Å². The van der Waals surface area contributed by atoms with Crippen molar-refractivity contribution < 1.29 is 19.4 Å². The van der Waals surface area contributed by atoms with E-state index in [0.29, 0.717) is 12.4 Å². The van der Waals surface area contributed by atoms with Gasteiger partial charge in [0.05, 0.1) is 13.0 Å². The largest absolute Gasteiger partial charge is 0.494 e. The molecule has 2 N–H and O–H groups in total. The number of aliphatic carboxylic acids is 1. The second-order valence-corrected chi connectivity index (χ2v) is 4.88. The van der Waals surface area contributed by atoms with E-state index in [1.54, 1.807) is 19.9 Å². The van der Waals surface area contributed by atoms with Crippen molar-refractivity contribution in [1.82, 2.24) is 5.32 Å². The van der Waals surface area contributed by atoms with Crippen LogP contribution in [0.3, 0.4) is 0 Å². The molecular formula is C15H21NO4. The molecule has 0 spiro atoms. The van der Waals surface area contributed by atoms with Gasteiger partial charge >= 0.3 is 5.97 Å². The predicted octanol–water partition coefficient (Wildman–Crippen LogP) is 1.85. The van der Waals surface area contributed by atoms with Gasteiger partial charge in [-0.15, -0.1) is 0 Å². The molecular weight excluding hydrogens is 258 g/mol. The summed E-state index contributed by atoms with van der Waals surface area (Å²) in [5.74, 6) is -0.779. The van der Waals surface area contributed by atoms with Crippen molar-refractivity contribution in [3.05, 3.63) is 29.8 Å². The molecule has 0 aliphatic rings. The molecule has 0 bridgehead atoms. The molecule has 5 heteroatoms. The minimum Gasteiger partial charge on any atom is -0.494 e. The van der Waals surface area contributed by atoms with Crippen LogP contribution in [0.5, 0.6) is 5.75 Å². The first-order chi connectivity index (χ1) is 9.43. The van der Waals surface area contributed by atoms with Crippen LogP contribution in [0.15, 0.2) is 24.3 Å². The fourth-order valence-electron chi connectivity index (χ4n) is 1.84. The molecule has 0 heterocycles. The molecule has 1 atom stereocenters. The Morgan fingerprint density at radius 2 is 2.05 bits per heavy atom. The van der Waals surface area contributed by atoms with Crippen LogP contribution in [0.4, 0.5) is 0 Å². The van der Waals surface area contributed by atoms with Crippen LogP contribution in [-0.4, -0.2) is 29.6 Å². The zero-order valence-electron chi connectivity index (χ0n) is 12.1. The Morgan fingerprint density at radius 3 is 2.60 bits per heavy atom. The third-order valence-electron chi connectivity index (χ3n) is 2.82. The highest BCUT2D eigenvalue weighted by molar-refractivity contribution is 5.85. The quantitative estimate of drug-likeness (QED) is 0.798. The van der Waals surface area contributed by atoms with E-state index in [1.165, 1.54) is 0 Å². The zero-order valence-corrected chi connectivity index (χ0v) is 12.1. The Hall–Kier alpha value is -2.04. The number of hydrogen-bond donors (Lipinski definition) is 2. The van der Waals surface area contributed by atoms with Gasteiger partial charge in [-0.25, -0.2) is 4.79 Å². The van der Waals surface area contributed by atoms with Crippen molar-refractivity contribution >= 4 is 11.9 Å². The maximum absolute atomic E-state index is 11.9. The number of carboxylic acids is 1. The number of carbonyl (C=O) groups is 2. The van der Waals surface area contributed by atoms with Gasteiger partial charge in [0.2, 0.25) is 5.91 Å². The summed E-state index contributed by atoms with van der Waals surface area (Å²) in [7, 11) is 0. The summed E-state index contributed by atoms with van der Waals surface area (Å²) in [5.41, 5.74) is 0.793. The molecule has 110 valence electrons. The van der Waals surface area contributed by atoms with Gasteiger partial charge in [-0.1, -0.05) is 26.0 Å². The first-order valence-electron chi connectivity index (χ1n) is 6.68. The van der Waals surface area contributed by atoms with Crippen LogP contribution in [0, 0.1) is 5.92 Å². The minimum atomic E-state index is -1.02. The Labute approximate surface area is 118 Å². The molecule has 0 aromatic heterocycles. The lowest BCUT2D eigenvalue weighted by molar-refractivity contribution is -0.143. The molecule has 5 nitrogen and oxygen atoms in total. The number of ether oxygens (including phenoxy) is 1. The maximum Gasteiger partial charge on any atom is 0.326 e. The predicted molar refractivity (Wildman–Crippen MR) is 75.7 cm³/mol. The fraction of sp³-hybridized carbons (Fsp3) is 0.467. The van der Waals surface area contributed by atoms with Gasteiger partial charge in [-0.05, 0) is 30.5 Å². The summed E-state index contributed by atoms with van der Waals surface area (Å²) in [6.45, 7) is 5.97. The lowest BCUT2D eigenvalue weighted by atomic mass is 10.0. The van der Waals surface area contributed by atoms with Crippen molar-refractivity contribution in [2.45, 2.75) is 33.2 Å². The summed E-state index contributed by atoms with van der Waals surface area (Å²) in [6, 6.07) is 6.36. The molecule has 1 rings (SSSR count). The average Bonchev–Trinajstić information content (AvgIpc) is 2.36. The van der Waals surface area contributed by atoms with E-state index >= 15 is 0 Å². The second kappa shape index (κ2) is 7.53. The van der Waals surface area contributed by atoms with E-state index in [9.17, 15) is 9.59 Å². The Morgan fingerprint density at radius 1 is 1.35 bits per heavy atom. The number of benzene rings is 1. The number of hydrogen-bond acceptors (Lipinski definition) is 3. The van der Waals surface area contributed by atoms with E-state index in [-0.39, 0.29) is 18.2 Å². The first-order valence-corrected chi connectivity index (χ1v) is 6.68. The van der Waals surface area contributed by atoms with Crippen molar-refractivity contribution in [3.8, 4) is 5.75 Å². The number of rotatable bonds is 7. The SMILES string of the molecule is CCOc1cccc(CC(=O)N[C@H](C(=O)O)C(C)C)c1. The average molecular weight is 279 g/mol. The van der Waals surface area contributed by atoms with Crippen LogP contribution in [-0.2, 0) is 16.0 Å². The number of carboxylic acid groups (broad SMARTS) is 1. The number of carbonyl (C=O) groups excluding carboxylic acids is 1. The second-order valence-electron chi connectivity index (χ2n) is 4.88. The van der Waals surface area contributed by atoms with Gasteiger partial charge in [0, 0.05) is 0 Å². The molecule has 0 saturated carbocycles. The van der Waals surface area contributed by atoms with E-state index < -0.39 is 12.0 Å². The first kappa shape index (κ1) is 16.0. The highest BCUT2D eigenvalue weighted by Gasteiger charge is 2.23. The highest BCUT2D eigenvalue weighted by atomic mass is 16.5. The Balaban J connectivity index is 2.66. The van der Waals surface area contributed by atoms with Gasteiger partial charge in [-0.3, -0.25) is 4.79 Å². The van der Waals surface area contributed by atoms with E-state index in [4.69, 9.17) is 9.84 Å². The summed E-state index contributed by atoms with van der Waals surface area (Å²) >= 11 is 0. The highest BCUT2D eigenvalue weighted by Crippen LogP contribution is 2.14. The van der Waals surface area contributed by atoms with Crippen molar-refractivity contribution in [2.75, 3.05) is 6.61 Å². The van der Waals surface area contributed by atoms with E-state index in [1.807, 2.05) is 25.1 Å². The van der Waals surface area contributed by atoms with Crippen LogP contribution in [0.2, 0.25) is 0 Å². The summed E-state index contributed by atoms with van der Waals surface area (Å²) < 4.78 is 5.36. The van der Waals surface area contributed by atoms with Crippen LogP contribution in [0.1, 0.15) is 26.3 Å². The molecule has 0 fully saturated rings. The summed E-state index contributed by atoms with van der Waals surface area (Å²) in [6.07, 6.45) is 0.136. The molecule has 1 amide bonds. The standard InChI is InChI=1S/C15H21NO4/c1-4-20-12-7-5-6-11(8-12)9-13(17)16-14(10(2)3)15(18)19/h5-8,10,14H,4,9H2,1-3H3,(H,16,17)(H,18,19)/t14-/m0/s1. The van der Waals surface area contributed by atoms with E-state index in [2.05, 4.69) is 5.32 Å². The Bertz CT molecular complexity index is 471. The number of amides is 1. The van der Waals surface area contributed by atoms with Crippen LogP contribution >= 0.6 is 0 Å². The lowest BCUT2D eigenvalue weighted by Crippen LogP contribution is -2.44.